The third-order valence-electron chi connectivity index (χ3n) is 3.58. The van der Waals surface area contributed by atoms with Gasteiger partial charge in [-0.2, -0.15) is 0 Å². The Bertz CT molecular complexity index is 468. The molecular formula is C13H13BrF4O. The average molecular weight is 341 g/mol. The molecule has 0 radical (unpaired) electrons. The summed E-state index contributed by atoms with van der Waals surface area (Å²) < 4.78 is 53.5. The lowest BCUT2D eigenvalue weighted by atomic mass is 9.81. The molecule has 106 valence electrons. The van der Waals surface area contributed by atoms with Crippen LogP contribution in [0.25, 0.3) is 0 Å². The normalized spacial score (nSPS) is 21.4. The summed E-state index contributed by atoms with van der Waals surface area (Å²) in [4.78, 5) is 0. The Kier molecular flexibility index (Phi) is 4.20. The van der Waals surface area contributed by atoms with E-state index in [9.17, 15) is 22.7 Å². The Hall–Kier alpha value is -0.620. The van der Waals surface area contributed by atoms with Gasteiger partial charge < -0.3 is 5.11 Å². The third-order valence-corrected chi connectivity index (χ3v) is 4.20. The van der Waals surface area contributed by atoms with Gasteiger partial charge in [0.25, 0.3) is 0 Å². The van der Waals surface area contributed by atoms with Gasteiger partial charge in [-0.3, -0.25) is 0 Å². The fourth-order valence-corrected chi connectivity index (χ4v) is 2.77. The smallest absolute Gasteiger partial charge is 0.248 e. The summed E-state index contributed by atoms with van der Waals surface area (Å²) in [7, 11) is 0. The third kappa shape index (κ3) is 3.11. The van der Waals surface area contributed by atoms with Crippen molar-refractivity contribution in [1.29, 1.82) is 0 Å². The molecule has 0 amide bonds. The molecule has 0 aliphatic heterocycles. The van der Waals surface area contributed by atoms with Gasteiger partial charge in [0, 0.05) is 12.8 Å². The van der Waals surface area contributed by atoms with Crippen LogP contribution in [0.2, 0.25) is 0 Å². The number of rotatable bonds is 2. The van der Waals surface area contributed by atoms with E-state index in [-0.39, 0.29) is 30.2 Å². The van der Waals surface area contributed by atoms with Crippen molar-refractivity contribution in [2.24, 2.45) is 5.92 Å². The first-order chi connectivity index (χ1) is 8.82. The number of hydrogen-bond acceptors (Lipinski definition) is 1. The number of benzene rings is 1. The van der Waals surface area contributed by atoms with Crippen molar-refractivity contribution in [3.8, 4) is 0 Å². The number of halogens is 5. The maximum Gasteiger partial charge on any atom is 0.248 e. The predicted molar refractivity (Wildman–Crippen MR) is 65.9 cm³/mol. The van der Waals surface area contributed by atoms with E-state index in [1.165, 1.54) is 6.07 Å². The van der Waals surface area contributed by atoms with Crippen molar-refractivity contribution in [2.45, 2.75) is 37.7 Å². The van der Waals surface area contributed by atoms with Crippen molar-refractivity contribution in [1.82, 2.24) is 0 Å². The molecule has 1 unspecified atom stereocenters. The van der Waals surface area contributed by atoms with Gasteiger partial charge in [0.2, 0.25) is 5.92 Å². The summed E-state index contributed by atoms with van der Waals surface area (Å²) in [6, 6.07) is 2.25. The standard InChI is InChI=1S/C13H13BrF4O/c14-8-1-2-9(15)10(11(8)16)12(19)7-3-5-13(17,18)6-4-7/h1-2,7,12,19H,3-6H2. The molecule has 0 heterocycles. The highest BCUT2D eigenvalue weighted by Crippen LogP contribution is 2.42. The Morgan fingerprint density at radius 1 is 1.21 bits per heavy atom. The van der Waals surface area contributed by atoms with Crippen molar-refractivity contribution < 1.29 is 22.7 Å². The molecule has 0 bridgehead atoms. The predicted octanol–water partition coefficient (Wildman–Crippen LogP) is 4.59. The highest BCUT2D eigenvalue weighted by molar-refractivity contribution is 9.10. The van der Waals surface area contributed by atoms with Crippen molar-refractivity contribution in [3.05, 3.63) is 33.8 Å². The zero-order valence-electron chi connectivity index (χ0n) is 9.97. The molecule has 2 rings (SSSR count). The Labute approximate surface area is 116 Å². The molecular weight excluding hydrogens is 328 g/mol. The van der Waals surface area contributed by atoms with E-state index < -0.39 is 35.1 Å². The quantitative estimate of drug-likeness (QED) is 0.616. The first-order valence-corrected chi connectivity index (χ1v) is 6.80. The Balaban J connectivity index is 2.21. The molecule has 1 aromatic carbocycles. The molecule has 0 saturated heterocycles. The summed E-state index contributed by atoms with van der Waals surface area (Å²) in [6.45, 7) is 0. The summed E-state index contributed by atoms with van der Waals surface area (Å²) in [5.74, 6) is -5.00. The molecule has 1 aliphatic rings. The fourth-order valence-electron chi connectivity index (χ4n) is 2.43. The summed E-state index contributed by atoms with van der Waals surface area (Å²) in [5, 5.41) is 10.1. The molecule has 1 aromatic rings. The summed E-state index contributed by atoms with van der Waals surface area (Å²) in [6.07, 6.45) is -1.99. The van der Waals surface area contributed by atoms with Crippen LogP contribution in [0.4, 0.5) is 17.6 Å². The van der Waals surface area contributed by atoms with Gasteiger partial charge in [0.15, 0.2) is 0 Å². The van der Waals surface area contributed by atoms with Crippen LogP contribution in [0.5, 0.6) is 0 Å². The van der Waals surface area contributed by atoms with E-state index in [0.29, 0.717) is 0 Å². The Morgan fingerprint density at radius 2 is 1.79 bits per heavy atom. The zero-order chi connectivity index (χ0) is 14.2. The molecule has 1 aliphatic carbocycles. The van der Waals surface area contributed by atoms with Gasteiger partial charge in [0.05, 0.1) is 16.1 Å². The lowest BCUT2D eigenvalue weighted by molar-refractivity contribution is -0.0634. The minimum Gasteiger partial charge on any atom is -0.388 e. The maximum atomic E-state index is 13.8. The topological polar surface area (TPSA) is 20.2 Å². The number of aliphatic hydroxyl groups is 1. The molecule has 0 spiro atoms. The molecule has 1 nitrogen and oxygen atoms in total. The molecule has 0 aromatic heterocycles. The van der Waals surface area contributed by atoms with Gasteiger partial charge in [-0.05, 0) is 46.8 Å². The van der Waals surface area contributed by atoms with Crippen LogP contribution in [0.3, 0.4) is 0 Å². The highest BCUT2D eigenvalue weighted by Gasteiger charge is 2.38. The van der Waals surface area contributed by atoms with Gasteiger partial charge in [-0.1, -0.05) is 0 Å². The maximum absolute atomic E-state index is 13.8. The zero-order valence-corrected chi connectivity index (χ0v) is 11.6. The number of alkyl halides is 2. The Morgan fingerprint density at radius 3 is 2.37 bits per heavy atom. The second kappa shape index (κ2) is 5.40. The van der Waals surface area contributed by atoms with Gasteiger partial charge >= 0.3 is 0 Å². The molecule has 1 atom stereocenters. The minimum absolute atomic E-state index is 0.0455. The van der Waals surface area contributed by atoms with Gasteiger partial charge in [-0.25, -0.2) is 17.6 Å². The minimum atomic E-state index is -2.73. The molecule has 1 saturated carbocycles. The number of aliphatic hydroxyl groups excluding tert-OH is 1. The van der Waals surface area contributed by atoms with Crippen LogP contribution in [0.1, 0.15) is 37.4 Å². The van der Waals surface area contributed by atoms with E-state index in [1.807, 2.05) is 0 Å². The van der Waals surface area contributed by atoms with E-state index in [0.717, 1.165) is 6.07 Å². The fraction of sp³-hybridized carbons (Fsp3) is 0.538. The molecule has 1 fully saturated rings. The molecule has 19 heavy (non-hydrogen) atoms. The van der Waals surface area contributed by atoms with E-state index in [4.69, 9.17) is 0 Å². The second-order valence-electron chi connectivity index (χ2n) is 4.90. The molecule has 1 N–H and O–H groups in total. The van der Waals surface area contributed by atoms with Crippen LogP contribution in [-0.2, 0) is 0 Å². The largest absolute Gasteiger partial charge is 0.388 e. The summed E-state index contributed by atoms with van der Waals surface area (Å²) in [5.41, 5.74) is -0.440. The second-order valence-corrected chi connectivity index (χ2v) is 5.75. The number of hydrogen-bond donors (Lipinski definition) is 1. The van der Waals surface area contributed by atoms with Crippen LogP contribution in [-0.4, -0.2) is 11.0 Å². The van der Waals surface area contributed by atoms with E-state index in [2.05, 4.69) is 15.9 Å². The lowest BCUT2D eigenvalue weighted by Crippen LogP contribution is -2.28. The van der Waals surface area contributed by atoms with E-state index in [1.54, 1.807) is 0 Å². The first kappa shape index (κ1) is 14.8. The molecule has 6 heteroatoms. The van der Waals surface area contributed by atoms with Crippen molar-refractivity contribution >= 4 is 15.9 Å². The van der Waals surface area contributed by atoms with Gasteiger partial charge in [-0.15, -0.1) is 0 Å². The monoisotopic (exact) mass is 340 g/mol. The van der Waals surface area contributed by atoms with Crippen molar-refractivity contribution in [2.75, 3.05) is 0 Å². The van der Waals surface area contributed by atoms with Crippen LogP contribution < -0.4 is 0 Å². The SMILES string of the molecule is OC(c1c(F)ccc(Br)c1F)C1CCC(F)(F)CC1. The van der Waals surface area contributed by atoms with Crippen LogP contribution in [0, 0.1) is 17.6 Å². The summed E-state index contributed by atoms with van der Waals surface area (Å²) >= 11 is 2.92. The first-order valence-electron chi connectivity index (χ1n) is 6.01. The van der Waals surface area contributed by atoms with Crippen LogP contribution >= 0.6 is 15.9 Å². The van der Waals surface area contributed by atoms with Gasteiger partial charge in [0.1, 0.15) is 11.6 Å². The average Bonchev–Trinajstić information content (AvgIpc) is 2.34. The van der Waals surface area contributed by atoms with Crippen molar-refractivity contribution in [3.63, 3.8) is 0 Å². The lowest BCUT2D eigenvalue weighted by Gasteiger charge is -2.31. The van der Waals surface area contributed by atoms with E-state index >= 15 is 0 Å². The van der Waals surface area contributed by atoms with Crippen LogP contribution in [0.15, 0.2) is 16.6 Å². The highest BCUT2D eigenvalue weighted by atomic mass is 79.9.